The third-order valence-corrected chi connectivity index (χ3v) is 3.07. The lowest BCUT2D eigenvalue weighted by Gasteiger charge is -2.08. The second kappa shape index (κ2) is 5.31. The van der Waals surface area contributed by atoms with Crippen molar-refractivity contribution >= 4 is 27.5 Å². The quantitative estimate of drug-likeness (QED) is 0.919. The Hall–Kier alpha value is -1.68. The normalized spacial score (nSPS) is 10.2. The third-order valence-electron chi connectivity index (χ3n) is 2.57. The summed E-state index contributed by atoms with van der Waals surface area (Å²) in [5.41, 5.74) is 3.36. The van der Waals surface area contributed by atoms with Crippen LogP contribution in [0.4, 0.5) is 5.69 Å². The molecule has 0 saturated heterocycles. The molecule has 0 aliphatic heterocycles. The van der Waals surface area contributed by atoms with E-state index in [1.807, 2.05) is 38.1 Å². The highest BCUT2D eigenvalue weighted by molar-refractivity contribution is 9.10. The van der Waals surface area contributed by atoms with E-state index in [0.717, 1.165) is 21.3 Å². The number of carbonyl (C=O) groups is 1. The lowest BCUT2D eigenvalue weighted by atomic mass is 10.1. The highest BCUT2D eigenvalue weighted by Gasteiger charge is 2.08. The fourth-order valence-corrected chi connectivity index (χ4v) is 2.12. The lowest BCUT2D eigenvalue weighted by molar-refractivity contribution is 0.102. The lowest BCUT2D eigenvalue weighted by Crippen LogP contribution is -2.13. The van der Waals surface area contributed by atoms with E-state index in [2.05, 4.69) is 26.2 Å². The molecule has 0 spiro atoms. The molecule has 3 nitrogen and oxygen atoms in total. The number of aromatic nitrogens is 1. The van der Waals surface area contributed by atoms with Crippen LogP contribution in [0.3, 0.4) is 0 Å². The van der Waals surface area contributed by atoms with Crippen molar-refractivity contribution in [1.82, 2.24) is 4.98 Å². The molecule has 0 aliphatic carbocycles. The van der Waals surface area contributed by atoms with Gasteiger partial charge < -0.3 is 5.32 Å². The van der Waals surface area contributed by atoms with Crippen molar-refractivity contribution in [1.29, 1.82) is 0 Å². The number of amides is 1. The number of aryl methyl sites for hydroxylation is 2. The van der Waals surface area contributed by atoms with Crippen LogP contribution in [0.1, 0.15) is 21.5 Å². The van der Waals surface area contributed by atoms with Crippen molar-refractivity contribution < 1.29 is 4.79 Å². The highest BCUT2D eigenvalue weighted by atomic mass is 79.9. The molecular formula is C14H13BrN2O. The first-order valence-electron chi connectivity index (χ1n) is 5.55. The third kappa shape index (κ3) is 2.96. The van der Waals surface area contributed by atoms with Gasteiger partial charge in [-0.25, -0.2) is 0 Å². The predicted molar refractivity (Wildman–Crippen MR) is 75.8 cm³/mol. The van der Waals surface area contributed by atoms with E-state index >= 15 is 0 Å². The minimum atomic E-state index is -0.142. The molecule has 0 bridgehead atoms. The molecule has 1 heterocycles. The van der Waals surface area contributed by atoms with Gasteiger partial charge in [0.1, 0.15) is 0 Å². The number of halogens is 1. The van der Waals surface area contributed by atoms with E-state index in [1.54, 1.807) is 12.4 Å². The number of nitrogens with zero attached hydrogens (tertiary/aromatic N) is 1. The van der Waals surface area contributed by atoms with Gasteiger partial charge in [0, 0.05) is 22.6 Å². The molecule has 0 atom stereocenters. The standard InChI is InChI=1S/C14H13BrN2O/c1-9-5-11(8-16-7-9)14(18)17-13-4-3-12(15)6-10(13)2/h3-8H,1-2H3,(H,17,18). The van der Waals surface area contributed by atoms with E-state index in [-0.39, 0.29) is 5.91 Å². The Kier molecular flexibility index (Phi) is 3.77. The van der Waals surface area contributed by atoms with Gasteiger partial charge in [-0.3, -0.25) is 9.78 Å². The number of hydrogen-bond acceptors (Lipinski definition) is 2. The average molecular weight is 305 g/mol. The molecule has 0 radical (unpaired) electrons. The van der Waals surface area contributed by atoms with Gasteiger partial charge >= 0.3 is 0 Å². The molecular weight excluding hydrogens is 292 g/mol. The summed E-state index contributed by atoms with van der Waals surface area (Å²) in [4.78, 5) is 16.1. The molecule has 0 saturated carbocycles. The minimum absolute atomic E-state index is 0.142. The molecule has 2 aromatic rings. The smallest absolute Gasteiger partial charge is 0.257 e. The Bertz CT molecular complexity index is 596. The Labute approximate surface area is 114 Å². The van der Waals surface area contributed by atoms with Crippen LogP contribution in [0, 0.1) is 13.8 Å². The summed E-state index contributed by atoms with van der Waals surface area (Å²) in [6, 6.07) is 7.55. The van der Waals surface area contributed by atoms with Crippen LogP contribution in [0.2, 0.25) is 0 Å². The van der Waals surface area contributed by atoms with Gasteiger partial charge in [-0.2, -0.15) is 0 Å². The van der Waals surface area contributed by atoms with E-state index in [4.69, 9.17) is 0 Å². The van der Waals surface area contributed by atoms with Crippen LogP contribution in [-0.2, 0) is 0 Å². The second-order valence-electron chi connectivity index (χ2n) is 4.16. The number of benzene rings is 1. The summed E-state index contributed by atoms with van der Waals surface area (Å²) in [6.07, 6.45) is 3.29. The van der Waals surface area contributed by atoms with Crippen LogP contribution in [0.15, 0.2) is 41.1 Å². The Morgan fingerprint density at radius 1 is 1.22 bits per heavy atom. The first kappa shape index (κ1) is 12.8. The fourth-order valence-electron chi connectivity index (χ4n) is 1.64. The number of hydrogen-bond donors (Lipinski definition) is 1. The van der Waals surface area contributed by atoms with E-state index in [0.29, 0.717) is 5.56 Å². The van der Waals surface area contributed by atoms with E-state index in [1.165, 1.54) is 0 Å². The van der Waals surface area contributed by atoms with E-state index in [9.17, 15) is 4.79 Å². The maximum Gasteiger partial charge on any atom is 0.257 e. The summed E-state index contributed by atoms with van der Waals surface area (Å²) in [5, 5.41) is 2.88. The monoisotopic (exact) mass is 304 g/mol. The Balaban J connectivity index is 2.21. The molecule has 1 aromatic carbocycles. The number of rotatable bonds is 2. The molecule has 1 aromatic heterocycles. The summed E-state index contributed by atoms with van der Waals surface area (Å²) in [5.74, 6) is -0.142. The zero-order valence-electron chi connectivity index (χ0n) is 10.2. The molecule has 18 heavy (non-hydrogen) atoms. The highest BCUT2D eigenvalue weighted by Crippen LogP contribution is 2.20. The van der Waals surface area contributed by atoms with Gasteiger partial charge in [-0.1, -0.05) is 15.9 Å². The van der Waals surface area contributed by atoms with Crippen molar-refractivity contribution in [3.63, 3.8) is 0 Å². The van der Waals surface area contributed by atoms with Crippen LogP contribution in [0.25, 0.3) is 0 Å². The molecule has 0 unspecified atom stereocenters. The fraction of sp³-hybridized carbons (Fsp3) is 0.143. The van der Waals surface area contributed by atoms with Crippen LogP contribution < -0.4 is 5.32 Å². The summed E-state index contributed by atoms with van der Waals surface area (Å²) in [7, 11) is 0. The average Bonchev–Trinajstić information content (AvgIpc) is 2.32. The first-order valence-corrected chi connectivity index (χ1v) is 6.35. The summed E-state index contributed by atoms with van der Waals surface area (Å²) >= 11 is 3.39. The van der Waals surface area contributed by atoms with Gasteiger partial charge in [0.05, 0.1) is 5.56 Å². The van der Waals surface area contributed by atoms with Crippen LogP contribution >= 0.6 is 15.9 Å². The summed E-state index contributed by atoms with van der Waals surface area (Å²) < 4.78 is 0.996. The largest absolute Gasteiger partial charge is 0.322 e. The van der Waals surface area contributed by atoms with Crippen LogP contribution in [-0.4, -0.2) is 10.9 Å². The van der Waals surface area contributed by atoms with Crippen molar-refractivity contribution in [2.75, 3.05) is 5.32 Å². The molecule has 4 heteroatoms. The number of pyridine rings is 1. The molecule has 0 aliphatic rings. The van der Waals surface area contributed by atoms with Crippen molar-refractivity contribution in [2.24, 2.45) is 0 Å². The van der Waals surface area contributed by atoms with Crippen molar-refractivity contribution in [3.8, 4) is 0 Å². The van der Waals surface area contributed by atoms with Gasteiger partial charge in [-0.05, 0) is 49.2 Å². The molecule has 2 rings (SSSR count). The summed E-state index contributed by atoms with van der Waals surface area (Å²) in [6.45, 7) is 3.86. The molecule has 1 N–H and O–H groups in total. The zero-order chi connectivity index (χ0) is 13.1. The van der Waals surface area contributed by atoms with Gasteiger partial charge in [0.25, 0.3) is 5.91 Å². The number of anilines is 1. The zero-order valence-corrected chi connectivity index (χ0v) is 11.8. The predicted octanol–water partition coefficient (Wildman–Crippen LogP) is 3.71. The molecule has 0 fully saturated rings. The number of nitrogens with one attached hydrogen (secondary N) is 1. The molecule has 92 valence electrons. The Morgan fingerprint density at radius 3 is 2.67 bits per heavy atom. The Morgan fingerprint density at radius 2 is 2.00 bits per heavy atom. The molecule has 1 amide bonds. The van der Waals surface area contributed by atoms with Gasteiger partial charge in [0.2, 0.25) is 0 Å². The topological polar surface area (TPSA) is 42.0 Å². The minimum Gasteiger partial charge on any atom is -0.322 e. The van der Waals surface area contributed by atoms with Crippen molar-refractivity contribution in [2.45, 2.75) is 13.8 Å². The van der Waals surface area contributed by atoms with E-state index < -0.39 is 0 Å². The first-order chi connectivity index (χ1) is 8.56. The van der Waals surface area contributed by atoms with Gasteiger partial charge in [0.15, 0.2) is 0 Å². The second-order valence-corrected chi connectivity index (χ2v) is 5.08. The number of carbonyl (C=O) groups excluding carboxylic acids is 1. The van der Waals surface area contributed by atoms with Gasteiger partial charge in [-0.15, -0.1) is 0 Å². The maximum absolute atomic E-state index is 12.0. The SMILES string of the molecule is Cc1cncc(C(=O)Nc2ccc(Br)cc2C)c1. The van der Waals surface area contributed by atoms with Crippen LogP contribution in [0.5, 0.6) is 0 Å². The van der Waals surface area contributed by atoms with Crippen molar-refractivity contribution in [3.05, 3.63) is 57.8 Å². The maximum atomic E-state index is 12.0.